The Hall–Kier alpha value is -1.95. The molecule has 0 radical (unpaired) electrons. The Balaban J connectivity index is 3.27. The highest BCUT2D eigenvalue weighted by Gasteiger charge is 2.20. The Morgan fingerprint density at radius 3 is 2.53 bits per heavy atom. The topological polar surface area (TPSA) is 83.7 Å². The van der Waals surface area contributed by atoms with Gasteiger partial charge in [-0.25, -0.2) is 0 Å². The van der Waals surface area contributed by atoms with Gasteiger partial charge in [0.1, 0.15) is 0 Å². The first-order valence-electron chi connectivity index (χ1n) is 6.05. The maximum absolute atomic E-state index is 11.4. The monoisotopic (exact) mass is 266 g/mol. The molecule has 0 aliphatic carbocycles. The van der Waals surface area contributed by atoms with Gasteiger partial charge in [0, 0.05) is 24.3 Å². The lowest BCUT2D eigenvalue weighted by molar-refractivity contribution is -0.385. The Kier molecular flexibility index (Phi) is 5.00. The van der Waals surface area contributed by atoms with Gasteiger partial charge in [-0.1, -0.05) is 0 Å². The number of anilines is 1. The third-order valence-electron chi connectivity index (χ3n) is 2.85. The molecule has 0 saturated carbocycles. The number of hydrogen-bond acceptors (Lipinski definition) is 5. The first kappa shape index (κ1) is 15.1. The van der Waals surface area contributed by atoms with Crippen molar-refractivity contribution in [2.75, 3.05) is 18.1 Å². The number of benzene rings is 1. The number of nitro benzene ring substituents is 1. The maximum Gasteiger partial charge on any atom is 0.282 e. The number of hydrogen-bond donors (Lipinski definition) is 1. The maximum atomic E-state index is 11.4. The lowest BCUT2D eigenvalue weighted by atomic mass is 10.1. The molecule has 19 heavy (non-hydrogen) atoms. The molecule has 0 bridgehead atoms. The minimum absolute atomic E-state index is 0.0412. The van der Waals surface area contributed by atoms with Crippen LogP contribution in [-0.4, -0.2) is 35.0 Å². The van der Waals surface area contributed by atoms with E-state index in [1.807, 2.05) is 18.7 Å². The number of carbonyl (C=O) groups is 1. The summed E-state index contributed by atoms with van der Waals surface area (Å²) in [5, 5.41) is 20.1. The Morgan fingerprint density at radius 1 is 1.47 bits per heavy atom. The second-order valence-corrected chi connectivity index (χ2v) is 4.53. The van der Waals surface area contributed by atoms with E-state index in [0.717, 1.165) is 0 Å². The second-order valence-electron chi connectivity index (χ2n) is 4.53. The number of rotatable bonds is 6. The van der Waals surface area contributed by atoms with Gasteiger partial charge in [0.05, 0.1) is 17.1 Å². The summed E-state index contributed by atoms with van der Waals surface area (Å²) in [5.41, 5.74) is 0.524. The number of aliphatic hydroxyl groups excluding tert-OH is 1. The zero-order valence-electron chi connectivity index (χ0n) is 11.3. The van der Waals surface area contributed by atoms with E-state index in [0.29, 0.717) is 12.2 Å². The normalized spacial score (nSPS) is 10.6. The summed E-state index contributed by atoms with van der Waals surface area (Å²) in [5.74, 6) is -0.337. The molecule has 0 aromatic heterocycles. The van der Waals surface area contributed by atoms with Crippen LogP contribution in [0.2, 0.25) is 0 Å². The van der Waals surface area contributed by atoms with Crippen LogP contribution in [0.1, 0.15) is 31.1 Å². The van der Waals surface area contributed by atoms with Gasteiger partial charge < -0.3 is 10.0 Å². The van der Waals surface area contributed by atoms with Crippen LogP contribution in [0, 0.1) is 10.1 Å². The molecule has 0 heterocycles. The fourth-order valence-electron chi connectivity index (χ4n) is 1.94. The van der Waals surface area contributed by atoms with Crippen molar-refractivity contribution in [1.29, 1.82) is 0 Å². The number of ketones is 1. The van der Waals surface area contributed by atoms with Gasteiger partial charge in [0.25, 0.3) is 5.69 Å². The molecule has 0 atom stereocenters. The molecule has 1 aromatic rings. The van der Waals surface area contributed by atoms with Crippen LogP contribution in [0.15, 0.2) is 18.2 Å². The highest BCUT2D eigenvalue weighted by atomic mass is 16.6. The molecule has 1 aromatic carbocycles. The van der Waals surface area contributed by atoms with Gasteiger partial charge >= 0.3 is 0 Å². The van der Waals surface area contributed by atoms with E-state index in [9.17, 15) is 14.9 Å². The minimum Gasteiger partial charge on any atom is -0.395 e. The Bertz CT molecular complexity index is 486. The molecule has 104 valence electrons. The van der Waals surface area contributed by atoms with Gasteiger partial charge in [-0.3, -0.25) is 14.9 Å². The van der Waals surface area contributed by atoms with Gasteiger partial charge in [0.2, 0.25) is 0 Å². The van der Waals surface area contributed by atoms with E-state index in [4.69, 9.17) is 5.11 Å². The van der Waals surface area contributed by atoms with Crippen molar-refractivity contribution in [2.45, 2.75) is 26.8 Å². The largest absolute Gasteiger partial charge is 0.395 e. The number of carbonyl (C=O) groups excluding carboxylic acids is 1. The number of Topliss-reactive ketones (excluding diaryl/α,β-unsaturated/α-hetero) is 1. The third-order valence-corrected chi connectivity index (χ3v) is 2.85. The van der Waals surface area contributed by atoms with Crippen LogP contribution in [0.3, 0.4) is 0 Å². The average molecular weight is 266 g/mol. The molecule has 6 heteroatoms. The molecule has 0 amide bonds. The second kappa shape index (κ2) is 6.29. The number of nitro groups is 1. The van der Waals surface area contributed by atoms with Crippen LogP contribution >= 0.6 is 0 Å². The van der Waals surface area contributed by atoms with Gasteiger partial charge in [-0.05, 0) is 32.9 Å². The van der Waals surface area contributed by atoms with Gasteiger partial charge in [-0.2, -0.15) is 0 Å². The molecule has 6 nitrogen and oxygen atoms in total. The summed E-state index contributed by atoms with van der Waals surface area (Å²) in [7, 11) is 0. The predicted octanol–water partition coefficient (Wildman–Crippen LogP) is 2.00. The SMILES string of the molecule is CC(=O)c1ccc(N(CCO)C(C)C)cc1[N+](=O)[O-]. The highest BCUT2D eigenvalue weighted by Crippen LogP contribution is 2.27. The number of aliphatic hydroxyl groups is 1. The quantitative estimate of drug-likeness (QED) is 0.483. The van der Waals surface area contributed by atoms with Crippen molar-refractivity contribution in [3.05, 3.63) is 33.9 Å². The third kappa shape index (κ3) is 3.51. The molecule has 0 aliphatic rings. The molecular formula is C13H18N2O4. The summed E-state index contributed by atoms with van der Waals surface area (Å²) in [6.45, 7) is 5.51. The minimum atomic E-state index is -0.558. The van der Waals surface area contributed by atoms with Crippen LogP contribution in [0.25, 0.3) is 0 Å². The van der Waals surface area contributed by atoms with E-state index in [1.54, 1.807) is 6.07 Å². The lowest BCUT2D eigenvalue weighted by Crippen LogP contribution is -2.33. The molecule has 0 unspecified atom stereocenters. The van der Waals surface area contributed by atoms with Crippen molar-refractivity contribution < 1.29 is 14.8 Å². The fourth-order valence-corrected chi connectivity index (χ4v) is 1.94. The fraction of sp³-hybridized carbons (Fsp3) is 0.462. The summed E-state index contributed by atoms with van der Waals surface area (Å²) in [4.78, 5) is 23.7. The zero-order chi connectivity index (χ0) is 14.6. The van der Waals surface area contributed by atoms with Crippen LogP contribution < -0.4 is 4.90 Å². The molecule has 1 N–H and O–H groups in total. The van der Waals surface area contributed by atoms with Crippen LogP contribution in [0.5, 0.6) is 0 Å². The van der Waals surface area contributed by atoms with E-state index in [-0.39, 0.29) is 29.7 Å². The number of nitrogens with zero attached hydrogens (tertiary/aromatic N) is 2. The Labute approximate surface area is 111 Å². The average Bonchev–Trinajstić information content (AvgIpc) is 2.34. The Morgan fingerprint density at radius 2 is 2.11 bits per heavy atom. The van der Waals surface area contributed by atoms with E-state index < -0.39 is 4.92 Å². The molecular weight excluding hydrogens is 248 g/mol. The van der Waals surface area contributed by atoms with Crippen molar-refractivity contribution in [1.82, 2.24) is 0 Å². The first-order chi connectivity index (χ1) is 8.88. The van der Waals surface area contributed by atoms with E-state index in [2.05, 4.69) is 0 Å². The summed E-state index contributed by atoms with van der Waals surface area (Å²) in [6, 6.07) is 4.60. The molecule has 0 aliphatic heterocycles. The first-order valence-corrected chi connectivity index (χ1v) is 6.05. The highest BCUT2D eigenvalue weighted by molar-refractivity contribution is 5.98. The molecule has 0 fully saturated rings. The lowest BCUT2D eigenvalue weighted by Gasteiger charge is -2.28. The summed E-state index contributed by atoms with van der Waals surface area (Å²) < 4.78 is 0. The van der Waals surface area contributed by atoms with Gasteiger partial charge in [0.15, 0.2) is 5.78 Å². The summed E-state index contributed by atoms with van der Waals surface area (Å²) in [6.07, 6.45) is 0. The van der Waals surface area contributed by atoms with E-state index in [1.165, 1.54) is 19.1 Å². The van der Waals surface area contributed by atoms with Crippen molar-refractivity contribution in [3.8, 4) is 0 Å². The molecule has 0 spiro atoms. The zero-order valence-corrected chi connectivity index (χ0v) is 11.3. The predicted molar refractivity (Wildman–Crippen MR) is 72.7 cm³/mol. The van der Waals surface area contributed by atoms with Crippen LogP contribution in [-0.2, 0) is 0 Å². The van der Waals surface area contributed by atoms with E-state index >= 15 is 0 Å². The smallest absolute Gasteiger partial charge is 0.282 e. The molecule has 0 saturated heterocycles. The van der Waals surface area contributed by atoms with Gasteiger partial charge in [-0.15, -0.1) is 0 Å². The van der Waals surface area contributed by atoms with Crippen molar-refractivity contribution >= 4 is 17.2 Å². The standard InChI is InChI=1S/C13H18N2O4/c1-9(2)14(6-7-16)11-4-5-12(10(3)17)13(8-11)15(18)19/h4-5,8-9,16H,6-7H2,1-3H3. The van der Waals surface area contributed by atoms with Crippen molar-refractivity contribution in [3.63, 3.8) is 0 Å². The van der Waals surface area contributed by atoms with Crippen LogP contribution in [0.4, 0.5) is 11.4 Å². The summed E-state index contributed by atoms with van der Waals surface area (Å²) >= 11 is 0. The molecule has 1 rings (SSSR count). The van der Waals surface area contributed by atoms with Crippen molar-refractivity contribution in [2.24, 2.45) is 0 Å².